The molecule has 5 nitrogen and oxygen atoms in total. The Morgan fingerprint density at radius 3 is 2.62 bits per heavy atom. The fourth-order valence-electron chi connectivity index (χ4n) is 2.22. The minimum Gasteiger partial charge on any atom is -0.495 e. The smallest absolute Gasteiger partial charge is 0.229 e. The Kier molecular flexibility index (Phi) is 4.96. The van der Waals surface area contributed by atoms with Crippen molar-refractivity contribution in [1.29, 1.82) is 0 Å². The number of hydrogen-bond acceptors (Lipinski definition) is 5. The Bertz CT molecular complexity index is 854. The number of hydrogen-bond donors (Lipinski definition) is 2. The molecule has 0 amide bonds. The number of methoxy groups -OCH3 is 1. The Hall–Kier alpha value is -2.60. The Morgan fingerprint density at radius 1 is 1.00 bits per heavy atom. The monoisotopic (exact) mass is 384 g/mol. The van der Waals surface area contributed by atoms with Crippen molar-refractivity contribution in [2.24, 2.45) is 0 Å². The second kappa shape index (κ2) is 7.31. The Balaban J connectivity index is 1.81. The van der Waals surface area contributed by atoms with E-state index in [1.165, 1.54) is 5.56 Å². The average molecular weight is 385 g/mol. The normalized spacial score (nSPS) is 10.3. The first-order chi connectivity index (χ1) is 11.7. The maximum atomic E-state index is 5.34. The molecule has 6 heteroatoms. The highest BCUT2D eigenvalue weighted by Crippen LogP contribution is 2.28. The molecule has 0 aliphatic heterocycles. The van der Waals surface area contributed by atoms with Gasteiger partial charge < -0.3 is 15.4 Å². The molecule has 0 bridgehead atoms. The molecule has 0 atom stereocenters. The van der Waals surface area contributed by atoms with Gasteiger partial charge in [-0.1, -0.05) is 18.2 Å². The van der Waals surface area contributed by atoms with Gasteiger partial charge in [-0.05, 0) is 58.7 Å². The lowest BCUT2D eigenvalue weighted by Gasteiger charge is -2.12. The fraction of sp³-hybridized carbons (Fsp3) is 0.111. The van der Waals surface area contributed by atoms with Crippen molar-refractivity contribution >= 4 is 39.1 Å². The minimum atomic E-state index is 0.513. The molecule has 3 aromatic rings. The molecule has 3 rings (SSSR count). The summed E-state index contributed by atoms with van der Waals surface area (Å²) in [5.41, 5.74) is 2.94. The van der Waals surface area contributed by atoms with Gasteiger partial charge in [0.2, 0.25) is 5.95 Å². The lowest BCUT2D eigenvalue weighted by Crippen LogP contribution is -2.01. The molecular formula is C18H17BrN4O. The number of halogens is 1. The van der Waals surface area contributed by atoms with Crippen LogP contribution in [0.4, 0.5) is 23.1 Å². The van der Waals surface area contributed by atoms with Crippen LogP contribution in [-0.2, 0) is 0 Å². The molecule has 0 saturated carbocycles. The molecule has 24 heavy (non-hydrogen) atoms. The first-order valence-electron chi connectivity index (χ1n) is 7.42. The summed E-state index contributed by atoms with van der Waals surface area (Å²) >= 11 is 3.55. The summed E-state index contributed by atoms with van der Waals surface area (Å²) < 4.78 is 6.31. The average Bonchev–Trinajstić information content (AvgIpc) is 2.58. The number of aromatic nitrogens is 2. The van der Waals surface area contributed by atoms with Gasteiger partial charge >= 0.3 is 0 Å². The molecule has 2 N–H and O–H groups in total. The summed E-state index contributed by atoms with van der Waals surface area (Å²) in [5, 5.41) is 6.46. The molecule has 122 valence electrons. The van der Waals surface area contributed by atoms with Crippen LogP contribution < -0.4 is 15.4 Å². The first-order valence-corrected chi connectivity index (χ1v) is 8.21. The number of benzene rings is 2. The van der Waals surface area contributed by atoms with Gasteiger partial charge in [-0.15, -0.1) is 0 Å². The van der Waals surface area contributed by atoms with Crippen LogP contribution in [0.2, 0.25) is 0 Å². The summed E-state index contributed by atoms with van der Waals surface area (Å²) in [7, 11) is 1.64. The van der Waals surface area contributed by atoms with E-state index in [4.69, 9.17) is 4.74 Å². The lowest BCUT2D eigenvalue weighted by atomic mass is 10.2. The van der Waals surface area contributed by atoms with Crippen LogP contribution in [-0.4, -0.2) is 17.1 Å². The van der Waals surface area contributed by atoms with E-state index in [1.807, 2.05) is 55.5 Å². The second-order valence-electron chi connectivity index (χ2n) is 5.20. The SMILES string of the molecule is COc1ccccc1Nc1ccnc(Nc2ccc(C)cc2Br)n1. The number of ether oxygens (including phenoxy) is 1. The van der Waals surface area contributed by atoms with E-state index in [-0.39, 0.29) is 0 Å². The third-order valence-corrected chi connectivity index (χ3v) is 4.05. The summed E-state index contributed by atoms with van der Waals surface area (Å²) in [5.74, 6) is 1.95. The molecule has 1 heterocycles. The van der Waals surface area contributed by atoms with Crippen LogP contribution in [0.1, 0.15) is 5.56 Å². The highest BCUT2D eigenvalue weighted by Gasteiger charge is 2.06. The Labute approximate surface area is 149 Å². The van der Waals surface area contributed by atoms with Gasteiger partial charge in [-0.25, -0.2) is 4.98 Å². The molecule has 0 radical (unpaired) electrons. The minimum absolute atomic E-state index is 0.513. The molecule has 2 aromatic carbocycles. The van der Waals surface area contributed by atoms with E-state index >= 15 is 0 Å². The van der Waals surface area contributed by atoms with Gasteiger partial charge in [0.1, 0.15) is 11.6 Å². The largest absolute Gasteiger partial charge is 0.495 e. The van der Waals surface area contributed by atoms with E-state index in [2.05, 4.69) is 36.5 Å². The zero-order valence-electron chi connectivity index (χ0n) is 13.4. The molecule has 0 aliphatic rings. The van der Waals surface area contributed by atoms with Crippen molar-refractivity contribution in [3.63, 3.8) is 0 Å². The molecule has 0 fully saturated rings. The topological polar surface area (TPSA) is 59.1 Å². The van der Waals surface area contributed by atoms with Crippen LogP contribution in [0.5, 0.6) is 5.75 Å². The van der Waals surface area contributed by atoms with Gasteiger partial charge in [-0.3, -0.25) is 0 Å². The van der Waals surface area contributed by atoms with Crippen LogP contribution in [0.15, 0.2) is 59.2 Å². The standard InChI is InChI=1S/C18H17BrN4O/c1-12-7-8-14(13(19)11-12)22-18-20-10-9-17(23-18)21-15-5-3-4-6-16(15)24-2/h3-11H,1-2H3,(H2,20,21,22,23). The fourth-order valence-corrected chi connectivity index (χ4v) is 2.81. The van der Waals surface area contributed by atoms with Crippen LogP contribution >= 0.6 is 15.9 Å². The quantitative estimate of drug-likeness (QED) is 0.644. The maximum absolute atomic E-state index is 5.34. The third kappa shape index (κ3) is 3.83. The summed E-state index contributed by atoms with van der Waals surface area (Å²) in [6.07, 6.45) is 1.70. The number of rotatable bonds is 5. The second-order valence-corrected chi connectivity index (χ2v) is 6.05. The predicted octanol–water partition coefficient (Wildman–Crippen LogP) is 5.04. The van der Waals surface area contributed by atoms with Gasteiger partial charge in [0.15, 0.2) is 0 Å². The van der Waals surface area contributed by atoms with Crippen molar-refractivity contribution in [2.45, 2.75) is 6.92 Å². The molecule has 0 saturated heterocycles. The summed E-state index contributed by atoms with van der Waals surface area (Å²) in [4.78, 5) is 8.76. The van der Waals surface area contributed by atoms with E-state index in [0.29, 0.717) is 11.8 Å². The van der Waals surface area contributed by atoms with Crippen molar-refractivity contribution in [1.82, 2.24) is 9.97 Å². The van der Waals surface area contributed by atoms with Crippen molar-refractivity contribution in [2.75, 3.05) is 17.7 Å². The van der Waals surface area contributed by atoms with Crippen molar-refractivity contribution in [3.05, 3.63) is 64.8 Å². The van der Waals surface area contributed by atoms with Crippen LogP contribution in [0, 0.1) is 6.92 Å². The number of nitrogens with zero attached hydrogens (tertiary/aromatic N) is 2. The zero-order chi connectivity index (χ0) is 16.9. The molecule has 0 spiro atoms. The number of aryl methyl sites for hydroxylation is 1. The van der Waals surface area contributed by atoms with Gasteiger partial charge in [0.25, 0.3) is 0 Å². The summed E-state index contributed by atoms with van der Waals surface area (Å²) in [6, 6.07) is 15.6. The van der Waals surface area contributed by atoms with Gasteiger partial charge in [0.05, 0.1) is 18.5 Å². The van der Waals surface area contributed by atoms with Gasteiger partial charge in [0, 0.05) is 10.7 Å². The number of para-hydroxylation sites is 2. The molecule has 1 aromatic heterocycles. The Morgan fingerprint density at radius 2 is 1.83 bits per heavy atom. The maximum Gasteiger partial charge on any atom is 0.229 e. The lowest BCUT2D eigenvalue weighted by molar-refractivity contribution is 0.417. The van der Waals surface area contributed by atoms with Gasteiger partial charge in [-0.2, -0.15) is 4.98 Å². The van der Waals surface area contributed by atoms with Crippen LogP contribution in [0.3, 0.4) is 0 Å². The van der Waals surface area contributed by atoms with E-state index in [0.717, 1.165) is 21.6 Å². The zero-order valence-corrected chi connectivity index (χ0v) is 15.0. The highest BCUT2D eigenvalue weighted by atomic mass is 79.9. The van der Waals surface area contributed by atoms with Crippen molar-refractivity contribution in [3.8, 4) is 5.75 Å². The highest BCUT2D eigenvalue weighted by molar-refractivity contribution is 9.10. The van der Waals surface area contributed by atoms with E-state index in [9.17, 15) is 0 Å². The number of nitrogens with one attached hydrogen (secondary N) is 2. The molecule has 0 aliphatic carbocycles. The van der Waals surface area contributed by atoms with E-state index in [1.54, 1.807) is 13.3 Å². The van der Waals surface area contributed by atoms with Crippen LogP contribution in [0.25, 0.3) is 0 Å². The van der Waals surface area contributed by atoms with E-state index < -0.39 is 0 Å². The first kappa shape index (κ1) is 16.3. The summed E-state index contributed by atoms with van der Waals surface area (Å²) in [6.45, 7) is 2.04. The molecule has 0 unspecified atom stereocenters. The van der Waals surface area contributed by atoms with Crippen molar-refractivity contribution < 1.29 is 4.74 Å². The third-order valence-electron chi connectivity index (χ3n) is 3.40. The molecular weight excluding hydrogens is 368 g/mol. The predicted molar refractivity (Wildman–Crippen MR) is 100 cm³/mol. The number of anilines is 4.